The van der Waals surface area contributed by atoms with Gasteiger partial charge in [0.05, 0.1) is 7.11 Å². The minimum Gasteiger partial charge on any atom is -0.481 e. The number of benzene rings is 1. The number of fused-ring (bicyclic) bond motifs is 1. The van der Waals surface area contributed by atoms with Gasteiger partial charge in [-0.15, -0.1) is 0 Å². The first-order chi connectivity index (χ1) is 14.3. The highest BCUT2D eigenvalue weighted by Gasteiger charge is 2.27. The van der Waals surface area contributed by atoms with E-state index in [1.54, 1.807) is 26.0 Å². The van der Waals surface area contributed by atoms with Crippen molar-refractivity contribution in [2.75, 3.05) is 20.2 Å². The van der Waals surface area contributed by atoms with Crippen LogP contribution in [0, 0.1) is 19.8 Å². The number of ether oxygens (including phenoxy) is 2. The summed E-state index contributed by atoms with van der Waals surface area (Å²) in [6.45, 7) is 6.67. The third kappa shape index (κ3) is 4.83. The van der Waals surface area contributed by atoms with Crippen LogP contribution in [0.4, 0.5) is 0 Å². The van der Waals surface area contributed by atoms with Gasteiger partial charge < -0.3 is 18.8 Å². The predicted octanol–water partition coefficient (Wildman–Crippen LogP) is 3.37. The van der Waals surface area contributed by atoms with Crippen LogP contribution in [0.25, 0.3) is 11.0 Å². The topological polar surface area (TPSA) is 86.0 Å². The molecule has 1 aliphatic heterocycles. The van der Waals surface area contributed by atoms with Crippen molar-refractivity contribution in [1.29, 1.82) is 0 Å². The fourth-order valence-corrected chi connectivity index (χ4v) is 3.88. The Morgan fingerprint density at radius 2 is 1.90 bits per heavy atom. The van der Waals surface area contributed by atoms with E-state index in [1.165, 1.54) is 7.11 Å². The number of carbonyl (C=O) groups excluding carboxylic acids is 2. The van der Waals surface area contributed by atoms with Crippen LogP contribution in [0.3, 0.4) is 0 Å². The van der Waals surface area contributed by atoms with E-state index in [0.29, 0.717) is 42.3 Å². The monoisotopic (exact) mass is 415 g/mol. The molecular formula is C23H29NO6. The van der Waals surface area contributed by atoms with Crippen LogP contribution in [-0.4, -0.2) is 43.1 Å². The Balaban J connectivity index is 1.59. The second-order valence-corrected chi connectivity index (χ2v) is 7.94. The van der Waals surface area contributed by atoms with Crippen LogP contribution in [0.1, 0.15) is 43.7 Å². The van der Waals surface area contributed by atoms with Crippen LogP contribution in [-0.2, 0) is 14.3 Å². The summed E-state index contributed by atoms with van der Waals surface area (Å²) in [6.07, 6.45) is 2.31. The molecule has 1 amide bonds. The highest BCUT2D eigenvalue weighted by molar-refractivity contribution is 5.83. The first-order valence-corrected chi connectivity index (χ1v) is 10.4. The number of methoxy groups -OCH3 is 1. The minimum absolute atomic E-state index is 0.0666. The molecule has 3 rings (SSSR count). The molecule has 1 fully saturated rings. The molecule has 1 saturated heterocycles. The molecule has 2 aromatic rings. The molecule has 7 nitrogen and oxygen atoms in total. The number of hydrogen-bond donors (Lipinski definition) is 0. The fourth-order valence-electron chi connectivity index (χ4n) is 3.88. The second kappa shape index (κ2) is 9.32. The lowest BCUT2D eigenvalue weighted by Crippen LogP contribution is -2.44. The van der Waals surface area contributed by atoms with E-state index in [0.717, 1.165) is 30.2 Å². The lowest BCUT2D eigenvalue weighted by molar-refractivity contribution is -0.142. The van der Waals surface area contributed by atoms with Crippen molar-refractivity contribution < 1.29 is 23.5 Å². The number of hydrogen-bond acceptors (Lipinski definition) is 6. The Labute approximate surface area is 175 Å². The largest absolute Gasteiger partial charge is 0.481 e. The molecule has 0 N–H and O–H groups in total. The van der Waals surface area contributed by atoms with Gasteiger partial charge in [0.15, 0.2) is 6.10 Å². The molecule has 0 saturated carbocycles. The number of piperidine rings is 1. The average Bonchev–Trinajstić information content (AvgIpc) is 2.75. The molecular weight excluding hydrogens is 386 g/mol. The molecule has 7 heteroatoms. The zero-order valence-corrected chi connectivity index (χ0v) is 18.0. The SMILES string of the molecule is COC(=O)CCC1CCN(C(=O)C(C)Oc2ccc3c(C)c(C)c(=O)oc3c2)CC1. The van der Waals surface area contributed by atoms with E-state index < -0.39 is 6.10 Å². The van der Waals surface area contributed by atoms with E-state index in [4.69, 9.17) is 13.9 Å². The third-order valence-corrected chi connectivity index (χ3v) is 6.00. The average molecular weight is 415 g/mol. The summed E-state index contributed by atoms with van der Waals surface area (Å²) in [5.41, 5.74) is 1.56. The molecule has 2 heterocycles. The van der Waals surface area contributed by atoms with Crippen molar-refractivity contribution in [2.24, 2.45) is 5.92 Å². The first-order valence-electron chi connectivity index (χ1n) is 10.4. The van der Waals surface area contributed by atoms with E-state index in [1.807, 2.05) is 17.9 Å². The highest BCUT2D eigenvalue weighted by Crippen LogP contribution is 2.26. The summed E-state index contributed by atoms with van der Waals surface area (Å²) in [5, 5.41) is 0.854. The molecule has 1 aromatic carbocycles. The number of likely N-dealkylation sites (tertiary alicyclic amines) is 1. The number of carbonyl (C=O) groups is 2. The summed E-state index contributed by atoms with van der Waals surface area (Å²) in [7, 11) is 1.40. The van der Waals surface area contributed by atoms with Gasteiger partial charge in [-0.25, -0.2) is 4.79 Å². The number of aryl methyl sites for hydroxylation is 1. The molecule has 1 unspecified atom stereocenters. The smallest absolute Gasteiger partial charge is 0.339 e. The van der Waals surface area contributed by atoms with Crippen molar-refractivity contribution in [3.63, 3.8) is 0 Å². The van der Waals surface area contributed by atoms with Crippen LogP contribution in [0.15, 0.2) is 27.4 Å². The van der Waals surface area contributed by atoms with Gasteiger partial charge in [0.25, 0.3) is 5.91 Å². The fraction of sp³-hybridized carbons (Fsp3) is 0.522. The summed E-state index contributed by atoms with van der Waals surface area (Å²) in [4.78, 5) is 37.8. The van der Waals surface area contributed by atoms with Gasteiger partial charge in [0, 0.05) is 36.5 Å². The Morgan fingerprint density at radius 3 is 2.57 bits per heavy atom. The quantitative estimate of drug-likeness (QED) is 0.531. The van der Waals surface area contributed by atoms with Crippen molar-refractivity contribution in [2.45, 2.75) is 52.6 Å². The van der Waals surface area contributed by atoms with Gasteiger partial charge >= 0.3 is 11.6 Å². The summed E-state index contributed by atoms with van der Waals surface area (Å²) < 4.78 is 15.9. The Bertz CT molecular complexity index is 987. The standard InChI is InChI=1S/C23H29NO6/c1-14-15(2)23(27)30-20-13-18(6-7-19(14)20)29-16(3)22(26)24-11-9-17(10-12-24)5-8-21(25)28-4/h6-7,13,16-17H,5,8-12H2,1-4H3. The van der Waals surface area contributed by atoms with Gasteiger partial charge in [-0.3, -0.25) is 9.59 Å². The van der Waals surface area contributed by atoms with Crippen LogP contribution in [0.5, 0.6) is 5.75 Å². The molecule has 1 atom stereocenters. The molecule has 0 radical (unpaired) electrons. The van der Waals surface area contributed by atoms with Crippen molar-refractivity contribution in [3.8, 4) is 5.75 Å². The second-order valence-electron chi connectivity index (χ2n) is 7.94. The minimum atomic E-state index is -0.646. The molecule has 30 heavy (non-hydrogen) atoms. The molecule has 1 aliphatic rings. The van der Waals surface area contributed by atoms with Crippen molar-refractivity contribution in [1.82, 2.24) is 4.90 Å². The summed E-state index contributed by atoms with van der Waals surface area (Å²) >= 11 is 0. The highest BCUT2D eigenvalue weighted by atomic mass is 16.5. The van der Waals surface area contributed by atoms with Gasteiger partial charge in [-0.2, -0.15) is 0 Å². The van der Waals surface area contributed by atoms with E-state index in [9.17, 15) is 14.4 Å². The normalized spacial score (nSPS) is 15.8. The van der Waals surface area contributed by atoms with Crippen LogP contribution < -0.4 is 10.4 Å². The Morgan fingerprint density at radius 1 is 1.20 bits per heavy atom. The van der Waals surface area contributed by atoms with Crippen LogP contribution >= 0.6 is 0 Å². The predicted molar refractivity (Wildman–Crippen MR) is 113 cm³/mol. The molecule has 0 bridgehead atoms. The van der Waals surface area contributed by atoms with Crippen molar-refractivity contribution >= 4 is 22.8 Å². The molecule has 0 spiro atoms. The lowest BCUT2D eigenvalue weighted by atomic mass is 9.92. The molecule has 0 aliphatic carbocycles. The Hall–Kier alpha value is -2.83. The number of nitrogens with zero attached hydrogens (tertiary/aromatic N) is 1. The van der Waals surface area contributed by atoms with Crippen LogP contribution in [0.2, 0.25) is 0 Å². The van der Waals surface area contributed by atoms with Gasteiger partial charge in [0.2, 0.25) is 0 Å². The maximum Gasteiger partial charge on any atom is 0.339 e. The maximum absolute atomic E-state index is 12.8. The van der Waals surface area contributed by atoms with E-state index in [-0.39, 0.29) is 17.5 Å². The van der Waals surface area contributed by atoms with Crippen molar-refractivity contribution in [3.05, 3.63) is 39.7 Å². The molecule has 1 aromatic heterocycles. The number of amides is 1. The van der Waals surface area contributed by atoms with E-state index in [2.05, 4.69) is 0 Å². The van der Waals surface area contributed by atoms with Gasteiger partial charge in [-0.05, 0) is 63.6 Å². The maximum atomic E-state index is 12.8. The summed E-state index contributed by atoms with van der Waals surface area (Å²) in [6, 6.07) is 5.30. The van der Waals surface area contributed by atoms with Gasteiger partial charge in [-0.1, -0.05) is 0 Å². The van der Waals surface area contributed by atoms with E-state index >= 15 is 0 Å². The zero-order chi connectivity index (χ0) is 21.8. The first kappa shape index (κ1) is 21.9. The third-order valence-electron chi connectivity index (χ3n) is 6.00. The lowest BCUT2D eigenvalue weighted by Gasteiger charge is -2.33. The Kier molecular flexibility index (Phi) is 6.80. The summed E-state index contributed by atoms with van der Waals surface area (Å²) in [5.74, 6) is 0.664. The number of esters is 1. The van der Waals surface area contributed by atoms with Gasteiger partial charge in [0.1, 0.15) is 11.3 Å². The zero-order valence-electron chi connectivity index (χ0n) is 18.0. The molecule has 162 valence electrons. The number of rotatable bonds is 6.